The first-order valence-corrected chi connectivity index (χ1v) is 8.21. The van der Waals surface area contributed by atoms with Crippen molar-refractivity contribution < 1.29 is 13.2 Å². The lowest BCUT2D eigenvalue weighted by atomic mass is 10.2. The molecule has 0 spiro atoms. The molecular weight excluding hydrogens is 278 g/mol. The van der Waals surface area contributed by atoms with Crippen LogP contribution in [0.2, 0.25) is 0 Å². The first-order chi connectivity index (χ1) is 9.44. The van der Waals surface area contributed by atoms with Crippen molar-refractivity contribution in [1.29, 1.82) is 0 Å². The van der Waals surface area contributed by atoms with Crippen molar-refractivity contribution in [3.63, 3.8) is 0 Å². The third kappa shape index (κ3) is 6.12. The predicted molar refractivity (Wildman–Crippen MR) is 77.4 cm³/mol. The summed E-state index contributed by atoms with van der Waals surface area (Å²) in [6, 6.07) is 3.66. The number of aromatic nitrogens is 1. The van der Waals surface area contributed by atoms with Gasteiger partial charge in [0.25, 0.3) is 0 Å². The summed E-state index contributed by atoms with van der Waals surface area (Å²) in [5, 5.41) is 0. The zero-order chi connectivity index (χ0) is 15.0. The highest BCUT2D eigenvalue weighted by molar-refractivity contribution is 7.89. The molecule has 0 unspecified atom stereocenters. The van der Waals surface area contributed by atoms with Gasteiger partial charge in [0.15, 0.2) is 0 Å². The van der Waals surface area contributed by atoms with E-state index >= 15 is 0 Å². The minimum absolute atomic E-state index is 0.0866. The van der Waals surface area contributed by atoms with Crippen LogP contribution in [0.3, 0.4) is 0 Å². The normalized spacial score (nSPS) is 11.3. The van der Waals surface area contributed by atoms with E-state index in [0.29, 0.717) is 19.5 Å². The van der Waals surface area contributed by atoms with Crippen LogP contribution in [-0.2, 0) is 21.4 Å². The number of rotatable bonds is 8. The van der Waals surface area contributed by atoms with Gasteiger partial charge in [-0.15, -0.1) is 0 Å². The van der Waals surface area contributed by atoms with E-state index in [-0.39, 0.29) is 18.2 Å². The van der Waals surface area contributed by atoms with E-state index in [1.165, 1.54) is 6.92 Å². The number of carbonyl (C=O) groups is 1. The number of carbonyl (C=O) groups excluding carboxylic acids is 1. The van der Waals surface area contributed by atoms with Crippen LogP contribution in [-0.4, -0.2) is 43.1 Å². The van der Waals surface area contributed by atoms with E-state index in [9.17, 15) is 13.2 Å². The Labute approximate surface area is 120 Å². The molecule has 20 heavy (non-hydrogen) atoms. The summed E-state index contributed by atoms with van der Waals surface area (Å²) in [5.41, 5.74) is 0.964. The number of nitrogens with one attached hydrogen (secondary N) is 1. The lowest BCUT2D eigenvalue weighted by molar-refractivity contribution is -0.129. The van der Waals surface area contributed by atoms with E-state index in [4.69, 9.17) is 0 Å². The number of amides is 1. The van der Waals surface area contributed by atoms with Crippen molar-refractivity contribution in [2.75, 3.05) is 18.8 Å². The molecule has 1 rings (SSSR count). The number of hydrogen-bond acceptors (Lipinski definition) is 4. The van der Waals surface area contributed by atoms with Gasteiger partial charge in [0.2, 0.25) is 15.9 Å². The molecule has 0 saturated carbocycles. The van der Waals surface area contributed by atoms with E-state index in [0.717, 1.165) is 5.56 Å². The van der Waals surface area contributed by atoms with Gasteiger partial charge in [-0.3, -0.25) is 9.78 Å². The van der Waals surface area contributed by atoms with Crippen LogP contribution in [0.1, 0.15) is 25.8 Å². The summed E-state index contributed by atoms with van der Waals surface area (Å²) >= 11 is 0. The van der Waals surface area contributed by atoms with Gasteiger partial charge in [-0.05, 0) is 24.1 Å². The molecule has 1 aromatic heterocycles. The maximum absolute atomic E-state index is 11.6. The molecule has 1 aromatic rings. The molecule has 6 nitrogen and oxygen atoms in total. The summed E-state index contributed by atoms with van der Waals surface area (Å²) in [6.45, 7) is 4.31. The van der Waals surface area contributed by atoms with Gasteiger partial charge in [-0.2, -0.15) is 0 Å². The van der Waals surface area contributed by atoms with Gasteiger partial charge in [0.05, 0.1) is 5.75 Å². The minimum Gasteiger partial charge on any atom is -0.337 e. The third-order valence-electron chi connectivity index (χ3n) is 2.74. The van der Waals surface area contributed by atoms with Crippen molar-refractivity contribution in [2.45, 2.75) is 26.8 Å². The molecule has 0 aliphatic rings. The maximum atomic E-state index is 11.6. The maximum Gasteiger partial charge on any atom is 0.219 e. The van der Waals surface area contributed by atoms with Gasteiger partial charge in [0, 0.05) is 39.0 Å². The van der Waals surface area contributed by atoms with E-state index in [1.807, 2.05) is 19.1 Å². The largest absolute Gasteiger partial charge is 0.337 e. The molecule has 0 saturated heterocycles. The fourth-order valence-electron chi connectivity index (χ4n) is 1.73. The molecule has 0 fully saturated rings. The number of pyridine rings is 1. The van der Waals surface area contributed by atoms with Crippen LogP contribution in [0, 0.1) is 0 Å². The number of hydrogen-bond donors (Lipinski definition) is 1. The topological polar surface area (TPSA) is 79.4 Å². The highest BCUT2D eigenvalue weighted by atomic mass is 32.2. The van der Waals surface area contributed by atoms with E-state index < -0.39 is 10.0 Å². The van der Waals surface area contributed by atoms with Crippen LogP contribution in [0.25, 0.3) is 0 Å². The van der Waals surface area contributed by atoms with E-state index in [2.05, 4.69) is 9.71 Å². The Kier molecular flexibility index (Phi) is 6.60. The van der Waals surface area contributed by atoms with Crippen LogP contribution in [0.4, 0.5) is 0 Å². The van der Waals surface area contributed by atoms with Gasteiger partial charge in [-0.25, -0.2) is 13.1 Å². The molecule has 0 aromatic carbocycles. The zero-order valence-corrected chi connectivity index (χ0v) is 12.7. The van der Waals surface area contributed by atoms with Crippen molar-refractivity contribution in [3.8, 4) is 0 Å². The molecule has 7 heteroatoms. The third-order valence-corrected chi connectivity index (χ3v) is 4.33. The Morgan fingerprint density at radius 2 is 2.00 bits per heavy atom. The highest BCUT2D eigenvalue weighted by Gasteiger charge is 2.12. The average Bonchev–Trinajstić information content (AvgIpc) is 2.38. The van der Waals surface area contributed by atoms with Crippen molar-refractivity contribution in [2.24, 2.45) is 0 Å². The summed E-state index contributed by atoms with van der Waals surface area (Å²) < 4.78 is 25.5. The lowest BCUT2D eigenvalue weighted by Crippen LogP contribution is -2.37. The van der Waals surface area contributed by atoms with Gasteiger partial charge in [-0.1, -0.05) is 6.92 Å². The lowest BCUT2D eigenvalue weighted by Gasteiger charge is -2.21. The highest BCUT2D eigenvalue weighted by Crippen LogP contribution is 2.03. The quantitative estimate of drug-likeness (QED) is 0.768. The van der Waals surface area contributed by atoms with E-state index in [1.54, 1.807) is 17.3 Å². The SMILES string of the molecule is CCCS(=O)(=O)NCCN(Cc1ccncc1)C(C)=O. The smallest absolute Gasteiger partial charge is 0.219 e. The summed E-state index contributed by atoms with van der Waals surface area (Å²) in [6.07, 6.45) is 3.90. The molecule has 1 N–H and O–H groups in total. The Morgan fingerprint density at radius 1 is 1.35 bits per heavy atom. The zero-order valence-electron chi connectivity index (χ0n) is 11.9. The van der Waals surface area contributed by atoms with Crippen LogP contribution in [0.5, 0.6) is 0 Å². The molecule has 0 bridgehead atoms. The summed E-state index contributed by atoms with van der Waals surface area (Å²) in [7, 11) is -3.22. The Balaban J connectivity index is 2.50. The Morgan fingerprint density at radius 3 is 2.55 bits per heavy atom. The Hall–Kier alpha value is -1.47. The Bertz CT molecular complexity index is 517. The molecule has 0 radical (unpaired) electrons. The first kappa shape index (κ1) is 16.6. The summed E-state index contributed by atoms with van der Waals surface area (Å²) in [5.74, 6) is 0.0220. The molecular formula is C13H21N3O3S. The predicted octanol–water partition coefficient (Wildman–Crippen LogP) is 0.759. The second-order valence-electron chi connectivity index (χ2n) is 4.51. The fraction of sp³-hybridized carbons (Fsp3) is 0.538. The van der Waals surface area contributed by atoms with Gasteiger partial charge < -0.3 is 4.90 Å². The van der Waals surface area contributed by atoms with Crippen molar-refractivity contribution >= 4 is 15.9 Å². The standard InChI is InChI=1S/C13H21N3O3S/c1-3-10-20(18,19)15-8-9-16(12(2)17)11-13-4-6-14-7-5-13/h4-7,15H,3,8-11H2,1-2H3. The van der Waals surface area contributed by atoms with Crippen LogP contribution >= 0.6 is 0 Å². The van der Waals surface area contributed by atoms with Crippen molar-refractivity contribution in [3.05, 3.63) is 30.1 Å². The molecule has 0 atom stereocenters. The monoisotopic (exact) mass is 299 g/mol. The second-order valence-corrected chi connectivity index (χ2v) is 6.44. The molecule has 112 valence electrons. The molecule has 0 aliphatic carbocycles. The van der Waals surface area contributed by atoms with Crippen LogP contribution in [0.15, 0.2) is 24.5 Å². The summed E-state index contributed by atoms with van der Waals surface area (Å²) in [4.78, 5) is 17.1. The average molecular weight is 299 g/mol. The van der Waals surface area contributed by atoms with Gasteiger partial charge >= 0.3 is 0 Å². The first-order valence-electron chi connectivity index (χ1n) is 6.56. The molecule has 1 heterocycles. The molecule has 1 amide bonds. The molecule has 0 aliphatic heterocycles. The minimum atomic E-state index is -3.22. The number of nitrogens with zero attached hydrogens (tertiary/aromatic N) is 2. The number of sulfonamides is 1. The van der Waals surface area contributed by atoms with Crippen LogP contribution < -0.4 is 4.72 Å². The second kappa shape index (κ2) is 7.96. The van der Waals surface area contributed by atoms with Crippen molar-refractivity contribution in [1.82, 2.24) is 14.6 Å². The van der Waals surface area contributed by atoms with Gasteiger partial charge in [0.1, 0.15) is 0 Å². The fourth-order valence-corrected chi connectivity index (χ4v) is 2.82.